The van der Waals surface area contributed by atoms with Gasteiger partial charge in [0.15, 0.2) is 0 Å². The smallest absolute Gasteiger partial charge is 0.334 e. The molecule has 0 aliphatic carbocycles. The lowest BCUT2D eigenvalue weighted by molar-refractivity contribution is -0.190. The molecule has 4 rings (SSSR count). The molecule has 37 heavy (non-hydrogen) atoms. The molecule has 2 aliphatic heterocycles. The largest absolute Gasteiger partial charge is 0.370 e. The number of nitrogens with two attached hydrogens (primary N) is 1. The van der Waals surface area contributed by atoms with Gasteiger partial charge in [-0.05, 0) is 17.5 Å². The molecular weight excluding hydrogens is 472 g/mol. The van der Waals surface area contributed by atoms with Gasteiger partial charge in [-0.15, -0.1) is 6.58 Å². The van der Waals surface area contributed by atoms with Crippen LogP contribution in [0.15, 0.2) is 73.3 Å². The average Bonchev–Trinajstić information content (AvgIpc) is 2.89. The van der Waals surface area contributed by atoms with Gasteiger partial charge in [0.1, 0.15) is 12.2 Å². The Hall–Kier alpha value is -4.18. The van der Waals surface area contributed by atoms with Crippen molar-refractivity contribution in [3.05, 3.63) is 84.4 Å². The Bertz CT molecular complexity index is 1140. The van der Waals surface area contributed by atoms with Gasteiger partial charge in [0.05, 0.1) is 13.1 Å². The first-order valence-corrected chi connectivity index (χ1v) is 12.3. The van der Waals surface area contributed by atoms with Gasteiger partial charge in [-0.25, -0.2) is 14.8 Å². The Morgan fingerprint density at radius 2 is 1.68 bits per heavy atom. The number of hydrazine groups is 1. The van der Waals surface area contributed by atoms with Crippen molar-refractivity contribution >= 4 is 23.8 Å². The molecule has 2 heterocycles. The summed E-state index contributed by atoms with van der Waals surface area (Å²) in [5, 5.41) is 6.09. The molecule has 5 amide bonds. The topological polar surface area (TPSA) is 119 Å². The maximum Gasteiger partial charge on any atom is 0.334 e. The van der Waals surface area contributed by atoms with Crippen LogP contribution in [0.2, 0.25) is 0 Å². The first-order chi connectivity index (χ1) is 17.9. The van der Waals surface area contributed by atoms with E-state index >= 15 is 0 Å². The number of carbonyl (C=O) groups excluding carboxylic acids is 4. The third-order valence-corrected chi connectivity index (χ3v) is 6.55. The van der Waals surface area contributed by atoms with Gasteiger partial charge >= 0.3 is 6.03 Å². The highest BCUT2D eigenvalue weighted by atomic mass is 16.2. The standard InChI is InChI=1S/C27H32N6O4/c1-2-15-31-19-25(35)32-22(13-14-23(28)34)26(36)30(17-21-11-7-4-8-12-21)18-24(32)33(31)27(37)29-16-20-9-5-3-6-10-20/h2-12,22,24H,1,13-19H2,(H2,28,34)(H,29,37)/t22-,24-/m0/s1. The molecule has 2 aliphatic rings. The lowest BCUT2D eigenvalue weighted by Gasteiger charge is -2.55. The highest BCUT2D eigenvalue weighted by Gasteiger charge is 2.51. The molecular formula is C27H32N6O4. The minimum absolute atomic E-state index is 0.0529. The summed E-state index contributed by atoms with van der Waals surface area (Å²) in [6, 6.07) is 17.7. The monoisotopic (exact) mass is 504 g/mol. The summed E-state index contributed by atoms with van der Waals surface area (Å²) in [6.07, 6.45) is 0.905. The van der Waals surface area contributed by atoms with E-state index < -0.39 is 24.1 Å². The minimum Gasteiger partial charge on any atom is -0.370 e. The molecule has 0 unspecified atom stereocenters. The molecule has 2 aromatic rings. The predicted molar refractivity (Wildman–Crippen MR) is 137 cm³/mol. The predicted octanol–water partition coefficient (Wildman–Crippen LogP) is 1.45. The summed E-state index contributed by atoms with van der Waals surface area (Å²) >= 11 is 0. The number of fused-ring (bicyclic) bond motifs is 1. The van der Waals surface area contributed by atoms with Crippen LogP contribution in [0.4, 0.5) is 4.79 Å². The quantitative estimate of drug-likeness (QED) is 0.501. The van der Waals surface area contributed by atoms with Gasteiger partial charge < -0.3 is 20.9 Å². The number of urea groups is 1. The molecule has 2 saturated heterocycles. The van der Waals surface area contributed by atoms with Crippen molar-refractivity contribution in [1.29, 1.82) is 0 Å². The summed E-state index contributed by atoms with van der Waals surface area (Å²) in [6.45, 7) is 4.69. The van der Waals surface area contributed by atoms with E-state index in [2.05, 4.69) is 11.9 Å². The molecule has 10 heteroatoms. The van der Waals surface area contributed by atoms with Crippen LogP contribution in [0.3, 0.4) is 0 Å². The minimum atomic E-state index is -0.905. The van der Waals surface area contributed by atoms with Gasteiger partial charge in [-0.2, -0.15) is 0 Å². The Balaban J connectivity index is 1.65. The normalized spacial score (nSPS) is 19.9. The van der Waals surface area contributed by atoms with E-state index in [1.165, 1.54) is 9.91 Å². The Morgan fingerprint density at radius 3 is 2.30 bits per heavy atom. The molecule has 0 spiro atoms. The molecule has 0 bridgehead atoms. The van der Waals surface area contributed by atoms with Gasteiger partial charge in [-0.3, -0.25) is 14.4 Å². The van der Waals surface area contributed by atoms with E-state index in [9.17, 15) is 19.2 Å². The number of carbonyl (C=O) groups is 4. The van der Waals surface area contributed by atoms with Crippen molar-refractivity contribution in [1.82, 2.24) is 25.1 Å². The molecule has 10 nitrogen and oxygen atoms in total. The van der Waals surface area contributed by atoms with Crippen LogP contribution in [-0.2, 0) is 27.5 Å². The first-order valence-electron chi connectivity index (χ1n) is 12.3. The lowest BCUT2D eigenvalue weighted by Crippen LogP contribution is -2.76. The second-order valence-electron chi connectivity index (χ2n) is 9.13. The average molecular weight is 505 g/mol. The van der Waals surface area contributed by atoms with Gasteiger partial charge in [0.2, 0.25) is 17.7 Å². The molecule has 2 atom stereocenters. The molecule has 0 aromatic heterocycles. The molecule has 0 saturated carbocycles. The Morgan fingerprint density at radius 1 is 1.03 bits per heavy atom. The van der Waals surface area contributed by atoms with Crippen LogP contribution in [0.25, 0.3) is 0 Å². The van der Waals surface area contributed by atoms with Gasteiger partial charge in [0, 0.05) is 26.1 Å². The zero-order valence-corrected chi connectivity index (χ0v) is 20.7. The van der Waals surface area contributed by atoms with Crippen LogP contribution in [0, 0.1) is 0 Å². The Kier molecular flexibility index (Phi) is 8.19. The van der Waals surface area contributed by atoms with Crippen LogP contribution < -0.4 is 11.1 Å². The van der Waals surface area contributed by atoms with E-state index in [1.807, 2.05) is 60.7 Å². The molecule has 2 fully saturated rings. The summed E-state index contributed by atoms with van der Waals surface area (Å²) in [5.74, 6) is -1.11. The van der Waals surface area contributed by atoms with Crippen LogP contribution in [-0.4, -0.2) is 75.4 Å². The number of hydrogen-bond donors (Lipinski definition) is 2. The van der Waals surface area contributed by atoms with Crippen molar-refractivity contribution in [2.45, 2.75) is 38.1 Å². The summed E-state index contributed by atoms with van der Waals surface area (Å²) in [7, 11) is 0. The third-order valence-electron chi connectivity index (χ3n) is 6.55. The number of benzene rings is 2. The number of hydrogen-bond acceptors (Lipinski definition) is 5. The fourth-order valence-corrected chi connectivity index (χ4v) is 4.86. The molecule has 0 radical (unpaired) electrons. The zero-order valence-electron chi connectivity index (χ0n) is 20.7. The van der Waals surface area contributed by atoms with E-state index in [0.717, 1.165) is 11.1 Å². The first kappa shape index (κ1) is 25.9. The number of nitrogens with one attached hydrogen (secondary N) is 1. The Labute approximate surface area is 216 Å². The van der Waals surface area contributed by atoms with Crippen molar-refractivity contribution in [3.63, 3.8) is 0 Å². The van der Waals surface area contributed by atoms with Gasteiger partial charge in [-0.1, -0.05) is 66.7 Å². The maximum absolute atomic E-state index is 13.6. The van der Waals surface area contributed by atoms with Crippen molar-refractivity contribution in [2.75, 3.05) is 19.6 Å². The fourth-order valence-electron chi connectivity index (χ4n) is 4.86. The number of nitrogens with zero attached hydrogens (tertiary/aromatic N) is 4. The van der Waals surface area contributed by atoms with Gasteiger partial charge in [0.25, 0.3) is 0 Å². The second-order valence-corrected chi connectivity index (χ2v) is 9.13. The SMILES string of the molecule is C=CCN1CC(=O)N2[C@@H](CCC(N)=O)C(=O)N(Cc3ccccc3)C[C@@H]2N1C(=O)NCc1ccccc1. The van der Waals surface area contributed by atoms with E-state index in [-0.39, 0.29) is 44.3 Å². The highest BCUT2D eigenvalue weighted by Crippen LogP contribution is 2.29. The third kappa shape index (κ3) is 5.97. The number of amides is 5. The van der Waals surface area contributed by atoms with E-state index in [0.29, 0.717) is 13.1 Å². The lowest BCUT2D eigenvalue weighted by atomic mass is 10.0. The van der Waals surface area contributed by atoms with Crippen LogP contribution >= 0.6 is 0 Å². The van der Waals surface area contributed by atoms with Crippen LogP contribution in [0.5, 0.6) is 0 Å². The highest BCUT2D eigenvalue weighted by molar-refractivity contribution is 5.92. The number of primary amides is 1. The molecule has 3 N–H and O–H groups in total. The second kappa shape index (κ2) is 11.7. The fraction of sp³-hybridized carbons (Fsp3) is 0.333. The summed E-state index contributed by atoms with van der Waals surface area (Å²) in [4.78, 5) is 55.1. The summed E-state index contributed by atoms with van der Waals surface area (Å²) in [5.41, 5.74) is 7.24. The van der Waals surface area contributed by atoms with Crippen molar-refractivity contribution < 1.29 is 19.2 Å². The zero-order chi connectivity index (χ0) is 26.4. The maximum atomic E-state index is 13.6. The molecule has 2 aromatic carbocycles. The van der Waals surface area contributed by atoms with Crippen molar-refractivity contribution in [2.24, 2.45) is 5.73 Å². The molecule has 194 valence electrons. The van der Waals surface area contributed by atoms with Crippen molar-refractivity contribution in [3.8, 4) is 0 Å². The van der Waals surface area contributed by atoms with E-state index in [4.69, 9.17) is 5.73 Å². The summed E-state index contributed by atoms with van der Waals surface area (Å²) < 4.78 is 0. The number of piperazine rings is 1. The number of rotatable bonds is 9. The van der Waals surface area contributed by atoms with E-state index in [1.54, 1.807) is 16.0 Å². The van der Waals surface area contributed by atoms with Crippen LogP contribution in [0.1, 0.15) is 24.0 Å².